The highest BCUT2D eigenvalue weighted by molar-refractivity contribution is 6.01. The number of carbonyl (C=O) groups excluding carboxylic acids is 3. The number of nitrogens with zero attached hydrogens (tertiary/aromatic N) is 5. The van der Waals surface area contributed by atoms with Crippen molar-refractivity contribution < 1.29 is 14.4 Å². The molecule has 2 heterocycles. The summed E-state index contributed by atoms with van der Waals surface area (Å²) in [5, 5.41) is 14.0. The molecule has 1 atom stereocenters. The first-order valence-electron chi connectivity index (χ1n) is 12.5. The molecule has 0 radical (unpaired) electrons. The van der Waals surface area contributed by atoms with E-state index >= 15 is 0 Å². The number of pyridine rings is 1. The first kappa shape index (κ1) is 26.5. The van der Waals surface area contributed by atoms with Crippen molar-refractivity contribution in [3.8, 4) is 0 Å². The summed E-state index contributed by atoms with van der Waals surface area (Å²) in [5.41, 5.74) is 3.07. The largest absolute Gasteiger partial charge is 0.354 e. The number of rotatable bonds is 10. The Hall–Kier alpha value is -4.60. The maximum Gasteiger partial charge on any atom is 0.249 e. The van der Waals surface area contributed by atoms with Crippen molar-refractivity contribution in [2.24, 2.45) is 5.92 Å². The van der Waals surface area contributed by atoms with Crippen LogP contribution in [0.1, 0.15) is 38.8 Å². The summed E-state index contributed by atoms with van der Waals surface area (Å²) in [6.45, 7) is 5.94. The summed E-state index contributed by atoms with van der Waals surface area (Å²) in [7, 11) is 0. The molecule has 0 aliphatic heterocycles. The fraction of sp³-hybridized carbons (Fsp3) is 0.286. The summed E-state index contributed by atoms with van der Waals surface area (Å²) in [5.74, 6) is -0.453. The van der Waals surface area contributed by atoms with Gasteiger partial charge in [-0.3, -0.25) is 24.3 Å². The minimum Gasteiger partial charge on any atom is -0.354 e. The van der Waals surface area contributed by atoms with Crippen LogP contribution < -0.4 is 15.5 Å². The Morgan fingerprint density at radius 1 is 0.974 bits per heavy atom. The number of fused-ring (bicyclic) bond motifs is 1. The average molecular weight is 514 g/mol. The molecular formula is C28H31N7O3. The third-order valence-electron chi connectivity index (χ3n) is 5.99. The highest BCUT2D eigenvalue weighted by Gasteiger charge is 2.33. The van der Waals surface area contributed by atoms with Gasteiger partial charge in [-0.25, -0.2) is 4.68 Å². The van der Waals surface area contributed by atoms with E-state index in [9.17, 15) is 14.4 Å². The smallest absolute Gasteiger partial charge is 0.249 e. The number of aromatic nitrogens is 4. The van der Waals surface area contributed by atoms with E-state index in [-0.39, 0.29) is 24.3 Å². The van der Waals surface area contributed by atoms with Gasteiger partial charge in [0, 0.05) is 37.2 Å². The Kier molecular flexibility index (Phi) is 8.42. The molecule has 0 aliphatic carbocycles. The van der Waals surface area contributed by atoms with E-state index in [0.29, 0.717) is 40.4 Å². The van der Waals surface area contributed by atoms with Gasteiger partial charge in [0.2, 0.25) is 17.7 Å². The molecule has 196 valence electrons. The zero-order valence-electron chi connectivity index (χ0n) is 21.7. The molecule has 2 N–H and O–H groups in total. The van der Waals surface area contributed by atoms with Crippen molar-refractivity contribution in [2.75, 3.05) is 16.8 Å². The lowest BCUT2D eigenvalue weighted by atomic mass is 10.0. The van der Waals surface area contributed by atoms with Crippen molar-refractivity contribution in [2.45, 2.75) is 39.8 Å². The molecule has 38 heavy (non-hydrogen) atoms. The molecule has 2 aromatic carbocycles. The predicted molar refractivity (Wildman–Crippen MR) is 145 cm³/mol. The molecule has 10 nitrogen and oxygen atoms in total. The summed E-state index contributed by atoms with van der Waals surface area (Å²) in [6.07, 6.45) is 3.99. The van der Waals surface area contributed by atoms with Crippen LogP contribution in [0, 0.1) is 5.92 Å². The zero-order chi connectivity index (χ0) is 27.1. The number of amides is 3. The van der Waals surface area contributed by atoms with Crippen LogP contribution in [0.4, 0.5) is 11.4 Å². The van der Waals surface area contributed by atoms with E-state index in [0.717, 1.165) is 6.42 Å². The van der Waals surface area contributed by atoms with Gasteiger partial charge in [0.25, 0.3) is 0 Å². The Bertz CT molecular complexity index is 1400. The lowest BCUT2D eigenvalue weighted by molar-refractivity contribution is -0.127. The van der Waals surface area contributed by atoms with Crippen LogP contribution in [0.15, 0.2) is 73.1 Å². The topological polar surface area (TPSA) is 122 Å². The highest BCUT2D eigenvalue weighted by atomic mass is 16.2. The fourth-order valence-electron chi connectivity index (χ4n) is 4.13. The molecule has 4 rings (SSSR count). The van der Waals surface area contributed by atoms with Crippen LogP contribution in [0.2, 0.25) is 0 Å². The molecule has 0 spiro atoms. The van der Waals surface area contributed by atoms with Crippen LogP contribution in [-0.4, -0.2) is 44.2 Å². The molecule has 1 unspecified atom stereocenters. The van der Waals surface area contributed by atoms with E-state index in [1.165, 1.54) is 16.5 Å². The van der Waals surface area contributed by atoms with E-state index in [4.69, 9.17) is 0 Å². The van der Waals surface area contributed by atoms with Gasteiger partial charge >= 0.3 is 0 Å². The van der Waals surface area contributed by atoms with Gasteiger partial charge < -0.3 is 10.6 Å². The van der Waals surface area contributed by atoms with Gasteiger partial charge in [0.15, 0.2) is 0 Å². The van der Waals surface area contributed by atoms with Crippen LogP contribution in [0.3, 0.4) is 0 Å². The van der Waals surface area contributed by atoms with Gasteiger partial charge in [-0.05, 0) is 66.4 Å². The maximum atomic E-state index is 14.0. The third-order valence-corrected chi connectivity index (χ3v) is 5.99. The predicted octanol–water partition coefficient (Wildman–Crippen LogP) is 3.72. The van der Waals surface area contributed by atoms with Gasteiger partial charge in [0.1, 0.15) is 18.1 Å². The summed E-state index contributed by atoms with van der Waals surface area (Å²) < 4.78 is 1.52. The molecule has 4 aromatic rings. The number of anilines is 2. The second-order valence-electron chi connectivity index (χ2n) is 9.38. The molecule has 2 aromatic heterocycles. The van der Waals surface area contributed by atoms with E-state index in [1.54, 1.807) is 48.8 Å². The van der Waals surface area contributed by atoms with Crippen molar-refractivity contribution in [3.05, 3.63) is 78.6 Å². The number of para-hydroxylation sites is 1. The molecular weight excluding hydrogens is 482 g/mol. The van der Waals surface area contributed by atoms with Crippen molar-refractivity contribution in [1.29, 1.82) is 0 Å². The van der Waals surface area contributed by atoms with E-state index < -0.39 is 6.04 Å². The lowest BCUT2D eigenvalue weighted by Gasteiger charge is -2.31. The first-order valence-corrected chi connectivity index (χ1v) is 12.5. The second-order valence-corrected chi connectivity index (χ2v) is 9.38. The Morgan fingerprint density at radius 2 is 1.68 bits per heavy atom. The molecule has 0 saturated carbocycles. The van der Waals surface area contributed by atoms with Crippen LogP contribution >= 0.6 is 0 Å². The number of nitrogens with one attached hydrogen (secondary N) is 2. The lowest BCUT2D eigenvalue weighted by Crippen LogP contribution is -2.45. The third kappa shape index (κ3) is 6.39. The number of carbonyl (C=O) groups is 3. The molecule has 0 fully saturated rings. The fourth-order valence-corrected chi connectivity index (χ4v) is 4.13. The van der Waals surface area contributed by atoms with Crippen LogP contribution in [0.5, 0.6) is 0 Å². The number of benzene rings is 2. The summed E-state index contributed by atoms with van der Waals surface area (Å²) in [4.78, 5) is 44.7. The standard InChI is InChI=1S/C28H31N7O3/c1-19(2)12-17-30-28(38)27(21-13-15-29-16-14-21)35(23-10-8-22(9-11-23)31-20(3)36)26(37)18-34-25-7-5-4-6-24(25)32-33-34/h4-11,13-16,19,27H,12,17-18H2,1-3H3,(H,30,38)(H,31,36). The van der Waals surface area contributed by atoms with Gasteiger partial charge in [-0.1, -0.05) is 31.2 Å². The number of hydrogen-bond acceptors (Lipinski definition) is 6. The first-order chi connectivity index (χ1) is 18.3. The molecule has 0 bridgehead atoms. The Morgan fingerprint density at radius 3 is 2.37 bits per heavy atom. The van der Waals surface area contributed by atoms with E-state index in [1.807, 2.05) is 24.3 Å². The van der Waals surface area contributed by atoms with Gasteiger partial charge in [-0.15, -0.1) is 5.10 Å². The highest BCUT2D eigenvalue weighted by Crippen LogP contribution is 2.29. The molecule has 3 amide bonds. The van der Waals surface area contributed by atoms with Crippen LogP contribution in [-0.2, 0) is 20.9 Å². The van der Waals surface area contributed by atoms with Crippen molar-refractivity contribution >= 4 is 40.1 Å². The molecule has 0 saturated heterocycles. The normalized spacial score (nSPS) is 11.8. The molecule has 0 aliphatic rings. The van der Waals surface area contributed by atoms with Gasteiger partial charge in [0.05, 0.1) is 5.52 Å². The van der Waals surface area contributed by atoms with Gasteiger partial charge in [-0.2, -0.15) is 0 Å². The average Bonchev–Trinajstić information content (AvgIpc) is 3.30. The summed E-state index contributed by atoms with van der Waals surface area (Å²) >= 11 is 0. The SMILES string of the molecule is CC(=O)Nc1ccc(N(C(=O)Cn2nnc3ccccc32)C(C(=O)NCCC(C)C)c2ccncc2)cc1. The summed E-state index contributed by atoms with van der Waals surface area (Å²) in [6, 6.07) is 16.7. The Balaban J connectivity index is 1.74. The van der Waals surface area contributed by atoms with E-state index in [2.05, 4.69) is 39.8 Å². The second kappa shape index (κ2) is 12.1. The monoisotopic (exact) mass is 513 g/mol. The van der Waals surface area contributed by atoms with Crippen molar-refractivity contribution in [1.82, 2.24) is 25.3 Å². The quantitative estimate of drug-likeness (QED) is 0.333. The van der Waals surface area contributed by atoms with Crippen molar-refractivity contribution in [3.63, 3.8) is 0 Å². The Labute approximate surface area is 221 Å². The molecule has 10 heteroatoms. The van der Waals surface area contributed by atoms with Crippen LogP contribution in [0.25, 0.3) is 11.0 Å². The maximum absolute atomic E-state index is 14.0. The zero-order valence-corrected chi connectivity index (χ0v) is 21.7. The minimum absolute atomic E-state index is 0.130. The minimum atomic E-state index is -0.959. The number of hydrogen-bond donors (Lipinski definition) is 2.